The molecular formula is C16H18N2OS. The molecular weight excluding hydrogens is 268 g/mol. The van der Waals surface area contributed by atoms with Crippen molar-refractivity contribution in [3.8, 4) is 0 Å². The summed E-state index contributed by atoms with van der Waals surface area (Å²) in [6, 6.07) is 13.7. The Kier molecular flexibility index (Phi) is 4.69. The van der Waals surface area contributed by atoms with E-state index in [0.29, 0.717) is 11.3 Å². The van der Waals surface area contributed by atoms with Crippen molar-refractivity contribution in [2.45, 2.75) is 18.4 Å². The van der Waals surface area contributed by atoms with Crippen molar-refractivity contribution in [1.29, 1.82) is 0 Å². The van der Waals surface area contributed by atoms with E-state index < -0.39 is 5.91 Å². The van der Waals surface area contributed by atoms with E-state index in [9.17, 15) is 4.79 Å². The van der Waals surface area contributed by atoms with Crippen molar-refractivity contribution >= 4 is 23.4 Å². The molecule has 0 aliphatic carbocycles. The van der Waals surface area contributed by atoms with Gasteiger partial charge in [0.1, 0.15) is 0 Å². The average Bonchev–Trinajstić information content (AvgIpc) is 2.40. The van der Waals surface area contributed by atoms with Crippen LogP contribution in [0.4, 0.5) is 5.69 Å². The van der Waals surface area contributed by atoms with E-state index in [-0.39, 0.29) is 0 Å². The summed E-state index contributed by atoms with van der Waals surface area (Å²) < 4.78 is 0. The molecule has 2 aromatic carbocycles. The summed E-state index contributed by atoms with van der Waals surface area (Å²) in [6.45, 7) is 2.09. The minimum atomic E-state index is -0.448. The first kappa shape index (κ1) is 14.5. The molecule has 0 fully saturated rings. The molecule has 0 radical (unpaired) electrons. The molecule has 0 spiro atoms. The van der Waals surface area contributed by atoms with Crippen LogP contribution in [0.1, 0.15) is 27.0 Å². The molecule has 4 N–H and O–H groups in total. The molecule has 0 atom stereocenters. The molecule has 2 aromatic rings. The molecule has 20 heavy (non-hydrogen) atoms. The number of thioether (sulfide) groups is 1. The number of rotatable bonds is 5. The zero-order valence-corrected chi connectivity index (χ0v) is 12.2. The van der Waals surface area contributed by atoms with Crippen molar-refractivity contribution in [1.82, 2.24) is 0 Å². The Labute approximate surface area is 123 Å². The molecule has 104 valence electrons. The highest BCUT2D eigenvalue weighted by molar-refractivity contribution is 7.97. The van der Waals surface area contributed by atoms with E-state index in [0.717, 1.165) is 17.1 Å². The summed E-state index contributed by atoms with van der Waals surface area (Å²) in [5.74, 6) is 1.31. The first-order chi connectivity index (χ1) is 9.56. The summed E-state index contributed by atoms with van der Waals surface area (Å²) >= 11 is 1.80. The van der Waals surface area contributed by atoms with Gasteiger partial charge in [0.2, 0.25) is 5.91 Å². The Balaban J connectivity index is 1.96. The van der Waals surface area contributed by atoms with Crippen molar-refractivity contribution in [2.24, 2.45) is 5.73 Å². The lowest BCUT2D eigenvalue weighted by molar-refractivity contribution is 0.100. The van der Waals surface area contributed by atoms with E-state index in [1.807, 2.05) is 6.07 Å². The zero-order chi connectivity index (χ0) is 14.5. The van der Waals surface area contributed by atoms with Crippen LogP contribution in [0.3, 0.4) is 0 Å². The van der Waals surface area contributed by atoms with Gasteiger partial charge in [-0.1, -0.05) is 35.9 Å². The topological polar surface area (TPSA) is 69.1 Å². The maximum Gasteiger partial charge on any atom is 0.248 e. The normalized spacial score (nSPS) is 10.4. The standard InChI is InChI=1S/C16H18N2OS/c1-11-3-2-4-12(7-11)9-20-10-14-6-5-13(16(18)19)8-15(14)17/h2-8H,9-10,17H2,1H3,(H2,18,19). The van der Waals surface area contributed by atoms with Gasteiger partial charge >= 0.3 is 0 Å². The molecule has 0 heterocycles. The van der Waals surface area contributed by atoms with Gasteiger partial charge in [-0.25, -0.2) is 0 Å². The molecule has 0 bridgehead atoms. The van der Waals surface area contributed by atoms with E-state index in [1.54, 1.807) is 23.9 Å². The zero-order valence-electron chi connectivity index (χ0n) is 11.4. The van der Waals surface area contributed by atoms with Gasteiger partial charge in [-0.2, -0.15) is 11.8 Å². The minimum absolute atomic E-state index is 0.448. The molecule has 0 unspecified atom stereocenters. The number of anilines is 1. The Bertz CT molecular complexity index is 626. The first-order valence-electron chi connectivity index (χ1n) is 6.38. The van der Waals surface area contributed by atoms with Crippen molar-refractivity contribution in [2.75, 3.05) is 5.73 Å². The number of nitrogen functional groups attached to an aromatic ring is 1. The number of carbonyl (C=O) groups is 1. The summed E-state index contributed by atoms with van der Waals surface area (Å²) in [6.07, 6.45) is 0. The predicted octanol–water partition coefficient (Wildman–Crippen LogP) is 3.11. The highest BCUT2D eigenvalue weighted by atomic mass is 32.2. The maximum atomic E-state index is 11.1. The SMILES string of the molecule is Cc1cccc(CSCc2ccc(C(N)=O)cc2N)c1. The summed E-state index contributed by atoms with van der Waals surface area (Å²) in [5.41, 5.74) is 15.9. The molecule has 4 heteroatoms. The number of amides is 1. The van der Waals surface area contributed by atoms with Crippen LogP contribution in [0.2, 0.25) is 0 Å². The number of hydrogen-bond donors (Lipinski definition) is 2. The predicted molar refractivity (Wildman–Crippen MR) is 85.6 cm³/mol. The van der Waals surface area contributed by atoms with Crippen molar-refractivity contribution < 1.29 is 4.79 Å². The second kappa shape index (κ2) is 6.48. The second-order valence-corrected chi connectivity index (χ2v) is 5.75. The number of aryl methyl sites for hydroxylation is 1. The van der Waals surface area contributed by atoms with Gasteiger partial charge in [0.25, 0.3) is 0 Å². The fourth-order valence-electron chi connectivity index (χ4n) is 1.96. The van der Waals surface area contributed by atoms with E-state index in [4.69, 9.17) is 11.5 Å². The molecule has 0 aromatic heterocycles. The van der Waals surface area contributed by atoms with E-state index >= 15 is 0 Å². The molecule has 1 amide bonds. The van der Waals surface area contributed by atoms with Crippen LogP contribution in [0.25, 0.3) is 0 Å². The summed E-state index contributed by atoms with van der Waals surface area (Å²) in [7, 11) is 0. The van der Waals surface area contributed by atoms with Gasteiger partial charge in [0.15, 0.2) is 0 Å². The monoisotopic (exact) mass is 286 g/mol. The van der Waals surface area contributed by atoms with Crippen LogP contribution in [0, 0.1) is 6.92 Å². The Morgan fingerprint density at radius 3 is 2.60 bits per heavy atom. The highest BCUT2D eigenvalue weighted by Gasteiger charge is 2.05. The molecule has 0 saturated carbocycles. The van der Waals surface area contributed by atoms with E-state index in [2.05, 4.69) is 31.2 Å². The van der Waals surface area contributed by atoms with Crippen LogP contribution < -0.4 is 11.5 Å². The van der Waals surface area contributed by atoms with Crippen LogP contribution in [-0.2, 0) is 11.5 Å². The minimum Gasteiger partial charge on any atom is -0.398 e. The lowest BCUT2D eigenvalue weighted by Crippen LogP contribution is -2.11. The smallest absolute Gasteiger partial charge is 0.248 e. The molecule has 0 aliphatic heterocycles. The van der Waals surface area contributed by atoms with Gasteiger partial charge in [-0.3, -0.25) is 4.79 Å². The van der Waals surface area contributed by atoms with Gasteiger partial charge in [0, 0.05) is 22.8 Å². The highest BCUT2D eigenvalue weighted by Crippen LogP contribution is 2.23. The Morgan fingerprint density at radius 1 is 1.15 bits per heavy atom. The van der Waals surface area contributed by atoms with Crippen LogP contribution in [-0.4, -0.2) is 5.91 Å². The van der Waals surface area contributed by atoms with Gasteiger partial charge in [-0.15, -0.1) is 0 Å². The third-order valence-corrected chi connectivity index (χ3v) is 4.09. The van der Waals surface area contributed by atoms with Crippen molar-refractivity contribution in [3.63, 3.8) is 0 Å². The number of nitrogens with two attached hydrogens (primary N) is 2. The van der Waals surface area contributed by atoms with Crippen LogP contribution in [0.5, 0.6) is 0 Å². The first-order valence-corrected chi connectivity index (χ1v) is 7.53. The fraction of sp³-hybridized carbons (Fsp3) is 0.188. The summed E-state index contributed by atoms with van der Waals surface area (Å²) in [5, 5.41) is 0. The Morgan fingerprint density at radius 2 is 1.95 bits per heavy atom. The maximum absolute atomic E-state index is 11.1. The van der Waals surface area contributed by atoms with Gasteiger partial charge in [-0.05, 0) is 30.2 Å². The number of carbonyl (C=O) groups excluding carboxylic acids is 1. The third-order valence-electron chi connectivity index (χ3n) is 3.04. The quantitative estimate of drug-likeness (QED) is 0.830. The summed E-state index contributed by atoms with van der Waals surface area (Å²) in [4.78, 5) is 11.1. The second-order valence-electron chi connectivity index (χ2n) is 4.76. The third kappa shape index (κ3) is 3.78. The lowest BCUT2D eigenvalue weighted by Gasteiger charge is -2.07. The number of primary amides is 1. The molecule has 3 nitrogen and oxygen atoms in total. The molecule has 0 aliphatic rings. The van der Waals surface area contributed by atoms with Crippen molar-refractivity contribution in [3.05, 3.63) is 64.7 Å². The Hall–Kier alpha value is -1.94. The molecule has 2 rings (SSSR count). The van der Waals surface area contributed by atoms with Crippen LogP contribution >= 0.6 is 11.8 Å². The number of hydrogen-bond acceptors (Lipinski definition) is 3. The van der Waals surface area contributed by atoms with Crippen LogP contribution in [0.15, 0.2) is 42.5 Å². The number of benzene rings is 2. The van der Waals surface area contributed by atoms with Gasteiger partial charge < -0.3 is 11.5 Å². The fourth-order valence-corrected chi connectivity index (χ4v) is 2.96. The van der Waals surface area contributed by atoms with Gasteiger partial charge in [0.05, 0.1) is 0 Å². The average molecular weight is 286 g/mol. The largest absolute Gasteiger partial charge is 0.398 e. The van der Waals surface area contributed by atoms with E-state index in [1.165, 1.54) is 11.1 Å². The molecule has 0 saturated heterocycles. The lowest BCUT2D eigenvalue weighted by atomic mass is 10.1.